The van der Waals surface area contributed by atoms with Crippen LogP contribution in [-0.4, -0.2) is 61.3 Å². The smallest absolute Gasteiger partial charge is 0.460 e. The highest BCUT2D eigenvalue weighted by atomic mass is 32.2. The number of nitrogens with zero attached hydrogens (tertiary/aromatic N) is 1. The van der Waals surface area contributed by atoms with E-state index in [4.69, 9.17) is 0 Å². The number of halogens is 18. The molecule has 0 bridgehead atoms. The van der Waals surface area contributed by atoms with Gasteiger partial charge in [-0.25, -0.2) is 0 Å². The molecule has 0 aromatic heterocycles. The molecule has 0 spiro atoms. The first-order chi connectivity index (χ1) is 13.0. The van der Waals surface area contributed by atoms with E-state index in [0.717, 1.165) is 0 Å². The molecule has 1 N–H and O–H groups in total. The highest BCUT2D eigenvalue weighted by Crippen LogP contribution is 2.56. The monoisotopic (exact) mass is 531 g/mol. The third kappa shape index (κ3) is 4.49. The molecular weight excluding hydrogens is 530 g/mol. The van der Waals surface area contributed by atoms with Gasteiger partial charge in [0.05, 0.1) is 0 Å². The molecule has 31 heavy (non-hydrogen) atoms. The van der Waals surface area contributed by atoms with Gasteiger partial charge >= 0.3 is 48.1 Å². The van der Waals surface area contributed by atoms with Crippen LogP contribution in [-0.2, 0) is 11.3 Å². The first kappa shape index (κ1) is 29.8. The molecule has 188 valence electrons. The number of nitrogens with one attached hydrogen (secondary N) is 1. The number of rotatable bonds is 8. The molecular formula is C8HF18N2O2S-. The summed E-state index contributed by atoms with van der Waals surface area (Å²) in [6.07, 6.45) is -15.3. The molecule has 1 unspecified atom stereocenters. The maximum absolute atomic E-state index is 13.3. The lowest BCUT2D eigenvalue weighted by Gasteiger charge is -2.42. The van der Waals surface area contributed by atoms with Crippen LogP contribution in [0.25, 0.3) is 0 Å². The van der Waals surface area contributed by atoms with E-state index in [1.807, 2.05) is 0 Å². The number of hydrogen-bond acceptors (Lipinski definition) is 3. The Balaban J connectivity index is 6.56. The summed E-state index contributed by atoms with van der Waals surface area (Å²) < 4.78 is 244. The first-order valence-corrected chi connectivity index (χ1v) is 7.15. The molecule has 0 fully saturated rings. The molecule has 23 heteroatoms. The first-order valence-electron chi connectivity index (χ1n) is 6.11. The lowest BCUT2D eigenvalue weighted by molar-refractivity contribution is -0.430. The van der Waals surface area contributed by atoms with E-state index < -0.39 is 69.2 Å². The Bertz CT molecular complexity index is 683. The van der Waals surface area contributed by atoms with Gasteiger partial charge in [0.25, 0.3) is 0 Å². The van der Waals surface area contributed by atoms with Crippen molar-refractivity contribution in [2.45, 2.75) is 48.1 Å². The Morgan fingerprint density at radius 2 is 0.839 bits per heavy atom. The predicted molar refractivity (Wildman–Crippen MR) is 55.7 cm³/mol. The van der Waals surface area contributed by atoms with E-state index in [0.29, 0.717) is 0 Å². The molecule has 0 aliphatic rings. The molecule has 0 saturated carbocycles. The third-order valence-electron chi connectivity index (χ3n) is 2.92. The van der Waals surface area contributed by atoms with Gasteiger partial charge in [-0.05, 0) is 0 Å². The Morgan fingerprint density at radius 3 is 1.10 bits per heavy atom. The molecule has 0 rings (SSSR count). The predicted octanol–water partition coefficient (Wildman–Crippen LogP) is 4.44. The fraction of sp³-hybridized carbons (Fsp3) is 1.00. The summed E-state index contributed by atoms with van der Waals surface area (Å²) in [4.78, 5) is 0. The summed E-state index contributed by atoms with van der Waals surface area (Å²) in [5, 5.41) is 0. The summed E-state index contributed by atoms with van der Waals surface area (Å²) in [5.41, 5.74) is -1.49. The van der Waals surface area contributed by atoms with Crippen LogP contribution in [0.1, 0.15) is 0 Å². The van der Waals surface area contributed by atoms with Crippen molar-refractivity contribution in [2.75, 3.05) is 0 Å². The van der Waals surface area contributed by atoms with Crippen LogP contribution in [0.15, 0.2) is 0 Å². The Labute approximate surface area is 158 Å². The van der Waals surface area contributed by atoms with Crippen LogP contribution < -0.4 is 5.43 Å². The normalized spacial score (nSPS) is 17.3. The number of hydrazine groups is 1. The van der Waals surface area contributed by atoms with E-state index in [1.54, 1.807) is 0 Å². The van der Waals surface area contributed by atoms with Crippen LogP contribution >= 0.6 is 0 Å². The number of hydrogen-bond donors (Lipinski definition) is 1. The van der Waals surface area contributed by atoms with Crippen LogP contribution in [0.3, 0.4) is 0 Å². The molecule has 1 atom stereocenters. The van der Waals surface area contributed by atoms with Gasteiger partial charge in [-0.2, -0.15) is 84.5 Å². The molecule has 0 amide bonds. The molecule has 0 heterocycles. The van der Waals surface area contributed by atoms with Gasteiger partial charge in [0.15, 0.2) is 0 Å². The molecule has 4 nitrogen and oxygen atoms in total. The van der Waals surface area contributed by atoms with Crippen molar-refractivity contribution in [1.29, 1.82) is 0 Å². The van der Waals surface area contributed by atoms with Crippen LogP contribution in [0.2, 0.25) is 0 Å². The molecule has 0 saturated heterocycles. The average molecular weight is 531 g/mol. The van der Waals surface area contributed by atoms with Crippen LogP contribution in [0.4, 0.5) is 79.0 Å². The fourth-order valence-corrected chi connectivity index (χ4v) is 1.76. The van der Waals surface area contributed by atoms with Crippen molar-refractivity contribution < 1.29 is 87.8 Å². The van der Waals surface area contributed by atoms with Crippen molar-refractivity contribution in [3.8, 4) is 0 Å². The lowest BCUT2D eigenvalue weighted by atomic mass is 10.1. The summed E-state index contributed by atoms with van der Waals surface area (Å²) in [6.45, 7) is 0. The molecule has 0 aromatic rings. The van der Waals surface area contributed by atoms with E-state index in [1.165, 1.54) is 0 Å². The largest absolute Gasteiger partial charge is 0.759 e. The topological polar surface area (TPSA) is 55.4 Å². The fourth-order valence-electron chi connectivity index (χ4n) is 1.27. The Hall–Kier alpha value is -1.23. The summed E-state index contributed by atoms with van der Waals surface area (Å²) in [5.74, 6) is -32.0. The third-order valence-corrected chi connectivity index (χ3v) is 3.54. The SMILES string of the molecule is O=S([O-])N(NC(F)(F)C(F)(F)C(F)(F)C(F)(F)F)C(F)(F)C(F)(F)C(F)(F)C(F)(F)F. The molecule has 0 aliphatic heterocycles. The Kier molecular flexibility index (Phi) is 7.37. The molecule has 0 radical (unpaired) electrons. The van der Waals surface area contributed by atoms with Crippen molar-refractivity contribution >= 4 is 11.3 Å². The van der Waals surface area contributed by atoms with Gasteiger partial charge in [0, 0.05) is 11.3 Å². The van der Waals surface area contributed by atoms with Crippen LogP contribution in [0.5, 0.6) is 0 Å². The van der Waals surface area contributed by atoms with Crippen molar-refractivity contribution in [2.24, 2.45) is 0 Å². The zero-order valence-electron chi connectivity index (χ0n) is 13.0. The van der Waals surface area contributed by atoms with Crippen molar-refractivity contribution in [3.63, 3.8) is 0 Å². The number of alkyl halides is 18. The molecule has 0 aromatic carbocycles. The summed E-state index contributed by atoms with van der Waals surface area (Å²) in [7, 11) is 0. The highest BCUT2D eigenvalue weighted by Gasteiger charge is 2.86. The standard InChI is InChI=1S/C8H2F18N2O2S/c9-1(10,5(17,18)19)3(13,14)7(23,24)27-28(31(29)30)8(25,26)4(15,16)2(11,12)6(20,21)22/h27H,(H,29,30)/p-1. The summed E-state index contributed by atoms with van der Waals surface area (Å²) in [6, 6.07) is -15.5. The van der Waals surface area contributed by atoms with Gasteiger partial charge in [-0.3, -0.25) is 4.21 Å². The van der Waals surface area contributed by atoms with E-state index in [9.17, 15) is 87.8 Å². The summed E-state index contributed by atoms with van der Waals surface area (Å²) >= 11 is -5.71. The second-order valence-electron chi connectivity index (χ2n) is 5.03. The minimum Gasteiger partial charge on any atom is -0.759 e. The zero-order valence-corrected chi connectivity index (χ0v) is 13.8. The van der Waals surface area contributed by atoms with Gasteiger partial charge in [-0.15, -0.1) is 0 Å². The van der Waals surface area contributed by atoms with Gasteiger partial charge < -0.3 is 4.55 Å². The minimum absolute atomic E-state index is 1.49. The quantitative estimate of drug-likeness (QED) is 0.218. The zero-order chi connectivity index (χ0) is 25.9. The van der Waals surface area contributed by atoms with Crippen molar-refractivity contribution in [3.05, 3.63) is 0 Å². The maximum atomic E-state index is 13.3. The maximum Gasteiger partial charge on any atom is 0.460 e. The van der Waals surface area contributed by atoms with Gasteiger partial charge in [0.1, 0.15) is 0 Å². The van der Waals surface area contributed by atoms with E-state index in [2.05, 4.69) is 0 Å². The minimum atomic E-state index is -8.12. The lowest BCUT2D eigenvalue weighted by Crippen LogP contribution is -2.74. The van der Waals surface area contributed by atoms with Crippen LogP contribution in [0, 0.1) is 0 Å². The van der Waals surface area contributed by atoms with Gasteiger partial charge in [0.2, 0.25) is 0 Å². The van der Waals surface area contributed by atoms with E-state index >= 15 is 0 Å². The highest BCUT2D eigenvalue weighted by molar-refractivity contribution is 7.76. The Morgan fingerprint density at radius 1 is 0.548 bits per heavy atom. The van der Waals surface area contributed by atoms with Gasteiger partial charge in [-0.1, -0.05) is 4.41 Å². The second kappa shape index (κ2) is 7.67. The second-order valence-corrected chi connectivity index (χ2v) is 5.83. The molecule has 0 aliphatic carbocycles. The van der Waals surface area contributed by atoms with Crippen molar-refractivity contribution in [1.82, 2.24) is 9.84 Å². The van der Waals surface area contributed by atoms with E-state index in [-0.39, 0.29) is 0 Å². The average Bonchev–Trinajstić information content (AvgIpc) is 2.49.